The molecule has 1 N–H and O–H groups in total. The number of nitrogens with zero attached hydrogens (tertiary/aromatic N) is 2. The molecule has 0 bridgehead atoms. The van der Waals surface area contributed by atoms with Crippen LogP contribution in [0.15, 0.2) is 36.5 Å². The molecule has 0 saturated heterocycles. The van der Waals surface area contributed by atoms with E-state index in [1.54, 1.807) is 6.20 Å². The van der Waals surface area contributed by atoms with Gasteiger partial charge in [0, 0.05) is 17.7 Å². The van der Waals surface area contributed by atoms with Gasteiger partial charge in [-0.1, -0.05) is 36.8 Å². The van der Waals surface area contributed by atoms with Crippen molar-refractivity contribution in [3.8, 4) is 11.3 Å². The standard InChI is InChI=1S/C15H18N2O/c1-3-12(10-18)15-16-9-8-14(17-15)13-6-4-11(2)5-7-13/h4-9,12,18H,3,10H2,1-2H3. The van der Waals surface area contributed by atoms with Crippen LogP contribution in [0.25, 0.3) is 11.3 Å². The maximum Gasteiger partial charge on any atom is 0.134 e. The molecule has 1 heterocycles. The fourth-order valence-corrected chi connectivity index (χ4v) is 1.85. The highest BCUT2D eigenvalue weighted by Crippen LogP contribution is 2.20. The Morgan fingerprint density at radius 3 is 2.50 bits per heavy atom. The summed E-state index contributed by atoms with van der Waals surface area (Å²) in [6.45, 7) is 4.19. The van der Waals surface area contributed by atoms with Crippen molar-refractivity contribution in [1.82, 2.24) is 9.97 Å². The number of aliphatic hydroxyl groups is 1. The monoisotopic (exact) mass is 242 g/mol. The van der Waals surface area contributed by atoms with Gasteiger partial charge in [0.05, 0.1) is 12.3 Å². The van der Waals surface area contributed by atoms with E-state index in [-0.39, 0.29) is 12.5 Å². The van der Waals surface area contributed by atoms with Gasteiger partial charge in [-0.2, -0.15) is 0 Å². The van der Waals surface area contributed by atoms with Crippen LogP contribution in [0.1, 0.15) is 30.7 Å². The summed E-state index contributed by atoms with van der Waals surface area (Å²) < 4.78 is 0. The third-order valence-corrected chi connectivity index (χ3v) is 3.10. The second kappa shape index (κ2) is 5.74. The summed E-state index contributed by atoms with van der Waals surface area (Å²) in [5.74, 6) is 0.744. The molecule has 0 fully saturated rings. The van der Waals surface area contributed by atoms with Crippen LogP contribution in [0.2, 0.25) is 0 Å². The minimum absolute atomic E-state index is 0.0235. The van der Waals surface area contributed by atoms with E-state index in [1.807, 2.05) is 13.0 Å². The number of hydrogen-bond acceptors (Lipinski definition) is 3. The SMILES string of the molecule is CCC(CO)c1nccc(-c2ccc(C)cc2)n1. The van der Waals surface area contributed by atoms with Gasteiger partial charge in [0.2, 0.25) is 0 Å². The lowest BCUT2D eigenvalue weighted by molar-refractivity contribution is 0.257. The third kappa shape index (κ3) is 2.74. The Labute approximate surface area is 108 Å². The van der Waals surface area contributed by atoms with Crippen LogP contribution in [0.3, 0.4) is 0 Å². The molecule has 1 unspecified atom stereocenters. The van der Waals surface area contributed by atoms with Crippen molar-refractivity contribution in [1.29, 1.82) is 0 Å². The average molecular weight is 242 g/mol. The minimum Gasteiger partial charge on any atom is -0.396 e. The molecule has 1 atom stereocenters. The fourth-order valence-electron chi connectivity index (χ4n) is 1.85. The molecule has 1 aromatic heterocycles. The average Bonchev–Trinajstić information content (AvgIpc) is 2.41. The van der Waals surface area contributed by atoms with Crippen molar-refractivity contribution in [3.63, 3.8) is 0 Å². The van der Waals surface area contributed by atoms with Crippen molar-refractivity contribution in [2.75, 3.05) is 6.61 Å². The number of benzene rings is 1. The van der Waals surface area contributed by atoms with Crippen LogP contribution >= 0.6 is 0 Å². The summed E-state index contributed by atoms with van der Waals surface area (Å²) in [5.41, 5.74) is 3.22. The van der Waals surface area contributed by atoms with E-state index >= 15 is 0 Å². The molecular weight excluding hydrogens is 224 g/mol. The van der Waals surface area contributed by atoms with E-state index in [0.717, 1.165) is 23.5 Å². The predicted molar refractivity (Wildman–Crippen MR) is 72.3 cm³/mol. The molecule has 0 aliphatic carbocycles. The Bertz CT molecular complexity index is 504. The van der Waals surface area contributed by atoms with Crippen molar-refractivity contribution in [3.05, 3.63) is 47.9 Å². The zero-order valence-corrected chi connectivity index (χ0v) is 10.8. The molecule has 2 rings (SSSR count). The van der Waals surface area contributed by atoms with E-state index in [2.05, 4.69) is 41.2 Å². The molecule has 0 amide bonds. The first-order valence-corrected chi connectivity index (χ1v) is 6.25. The molecule has 1 aromatic carbocycles. The number of aliphatic hydroxyl groups excluding tert-OH is 1. The van der Waals surface area contributed by atoms with Gasteiger partial charge in [-0.25, -0.2) is 9.97 Å². The molecule has 3 heteroatoms. The molecule has 0 saturated carbocycles. The Hall–Kier alpha value is -1.74. The van der Waals surface area contributed by atoms with Crippen molar-refractivity contribution in [2.24, 2.45) is 0 Å². The first-order valence-electron chi connectivity index (χ1n) is 6.25. The van der Waals surface area contributed by atoms with Crippen LogP contribution < -0.4 is 0 Å². The quantitative estimate of drug-likeness (QED) is 0.896. The molecule has 0 aliphatic rings. The van der Waals surface area contributed by atoms with Crippen LogP contribution in [-0.2, 0) is 0 Å². The lowest BCUT2D eigenvalue weighted by Crippen LogP contribution is -2.08. The van der Waals surface area contributed by atoms with Gasteiger partial charge in [0.1, 0.15) is 5.82 Å². The molecular formula is C15H18N2O. The Morgan fingerprint density at radius 1 is 1.17 bits per heavy atom. The largest absolute Gasteiger partial charge is 0.396 e. The van der Waals surface area contributed by atoms with Crippen LogP contribution in [0.4, 0.5) is 0 Å². The van der Waals surface area contributed by atoms with Gasteiger partial charge in [-0.05, 0) is 19.4 Å². The molecule has 94 valence electrons. The first-order chi connectivity index (χ1) is 8.74. The number of hydrogen-bond donors (Lipinski definition) is 1. The Morgan fingerprint density at radius 2 is 1.89 bits per heavy atom. The molecule has 0 radical (unpaired) electrons. The summed E-state index contributed by atoms with van der Waals surface area (Å²) in [6, 6.07) is 10.2. The molecule has 18 heavy (non-hydrogen) atoms. The van der Waals surface area contributed by atoms with E-state index < -0.39 is 0 Å². The van der Waals surface area contributed by atoms with Crippen molar-refractivity contribution >= 4 is 0 Å². The summed E-state index contributed by atoms with van der Waals surface area (Å²) in [4.78, 5) is 8.80. The number of aryl methyl sites for hydroxylation is 1. The van der Waals surface area contributed by atoms with Gasteiger partial charge in [0.15, 0.2) is 0 Å². The highest BCUT2D eigenvalue weighted by molar-refractivity contribution is 5.58. The lowest BCUT2D eigenvalue weighted by Gasteiger charge is -2.11. The predicted octanol–water partition coefficient (Wildman–Crippen LogP) is 2.94. The summed E-state index contributed by atoms with van der Waals surface area (Å²) >= 11 is 0. The maximum atomic E-state index is 9.30. The Balaban J connectivity index is 2.34. The van der Waals surface area contributed by atoms with E-state index in [9.17, 15) is 5.11 Å². The topological polar surface area (TPSA) is 46.0 Å². The van der Waals surface area contributed by atoms with Gasteiger partial charge in [-0.3, -0.25) is 0 Å². The highest BCUT2D eigenvalue weighted by Gasteiger charge is 2.12. The van der Waals surface area contributed by atoms with E-state index in [1.165, 1.54) is 5.56 Å². The van der Waals surface area contributed by atoms with Crippen molar-refractivity contribution in [2.45, 2.75) is 26.2 Å². The van der Waals surface area contributed by atoms with Crippen LogP contribution in [-0.4, -0.2) is 21.7 Å². The third-order valence-electron chi connectivity index (χ3n) is 3.10. The zero-order valence-electron chi connectivity index (χ0n) is 10.8. The summed E-state index contributed by atoms with van der Waals surface area (Å²) in [5, 5.41) is 9.30. The van der Waals surface area contributed by atoms with Gasteiger partial charge < -0.3 is 5.11 Å². The molecule has 3 nitrogen and oxygen atoms in total. The molecule has 2 aromatic rings. The van der Waals surface area contributed by atoms with Crippen LogP contribution in [0.5, 0.6) is 0 Å². The number of rotatable bonds is 4. The first kappa shape index (κ1) is 12.7. The van der Waals surface area contributed by atoms with Gasteiger partial charge in [0.25, 0.3) is 0 Å². The number of aromatic nitrogens is 2. The summed E-state index contributed by atoms with van der Waals surface area (Å²) in [6.07, 6.45) is 2.60. The maximum absolute atomic E-state index is 9.30. The van der Waals surface area contributed by atoms with E-state index in [0.29, 0.717) is 0 Å². The summed E-state index contributed by atoms with van der Waals surface area (Å²) in [7, 11) is 0. The second-order valence-electron chi connectivity index (χ2n) is 4.45. The van der Waals surface area contributed by atoms with Crippen LogP contribution in [0, 0.1) is 6.92 Å². The molecule has 0 aliphatic heterocycles. The minimum atomic E-state index is 0.0235. The zero-order chi connectivity index (χ0) is 13.0. The van der Waals surface area contributed by atoms with E-state index in [4.69, 9.17) is 0 Å². The second-order valence-corrected chi connectivity index (χ2v) is 4.45. The molecule has 0 spiro atoms. The normalized spacial score (nSPS) is 12.4. The lowest BCUT2D eigenvalue weighted by atomic mass is 10.1. The highest BCUT2D eigenvalue weighted by atomic mass is 16.3. The van der Waals surface area contributed by atoms with Gasteiger partial charge >= 0.3 is 0 Å². The van der Waals surface area contributed by atoms with Gasteiger partial charge in [-0.15, -0.1) is 0 Å². The fraction of sp³-hybridized carbons (Fsp3) is 0.333. The van der Waals surface area contributed by atoms with Crippen molar-refractivity contribution < 1.29 is 5.11 Å². The Kier molecular flexibility index (Phi) is 4.05. The smallest absolute Gasteiger partial charge is 0.134 e.